The Bertz CT molecular complexity index is 609. The Labute approximate surface area is 134 Å². The van der Waals surface area contributed by atoms with E-state index in [1.807, 2.05) is 37.3 Å². The Hall–Kier alpha value is -1.71. The third-order valence-corrected chi connectivity index (χ3v) is 3.50. The molecule has 3 nitrogen and oxygen atoms in total. The van der Waals surface area contributed by atoms with E-state index < -0.39 is 0 Å². The van der Waals surface area contributed by atoms with E-state index in [9.17, 15) is 0 Å². The minimum absolute atomic E-state index is 0.472. The molecule has 0 spiro atoms. The molecule has 0 bridgehead atoms. The van der Waals surface area contributed by atoms with Crippen molar-refractivity contribution in [3.8, 4) is 5.75 Å². The number of hydrazone groups is 1. The second-order valence-electron chi connectivity index (χ2n) is 4.30. The van der Waals surface area contributed by atoms with Gasteiger partial charge in [-0.05, 0) is 36.8 Å². The van der Waals surface area contributed by atoms with Crippen LogP contribution in [0.4, 0.5) is 0 Å². The lowest BCUT2D eigenvalue weighted by molar-refractivity contribution is 0.340. The summed E-state index contributed by atoms with van der Waals surface area (Å²) in [7, 11) is 0. The van der Waals surface area contributed by atoms with Crippen LogP contribution in [-0.2, 0) is 6.54 Å². The monoisotopic (exact) mass is 322 g/mol. The van der Waals surface area contributed by atoms with Crippen LogP contribution in [0.25, 0.3) is 0 Å². The molecule has 0 atom stereocenters. The van der Waals surface area contributed by atoms with Gasteiger partial charge in [0.1, 0.15) is 5.75 Å². The Morgan fingerprint density at radius 2 is 1.86 bits per heavy atom. The van der Waals surface area contributed by atoms with Crippen LogP contribution in [0.5, 0.6) is 5.75 Å². The van der Waals surface area contributed by atoms with Crippen LogP contribution in [0.1, 0.15) is 18.1 Å². The SMILES string of the molecule is CCOc1cccc(/C=N/NCc2c(Cl)cccc2Cl)c1. The minimum atomic E-state index is 0.472. The summed E-state index contributed by atoms with van der Waals surface area (Å²) in [6, 6.07) is 13.2. The van der Waals surface area contributed by atoms with Crippen molar-refractivity contribution in [2.24, 2.45) is 5.10 Å². The summed E-state index contributed by atoms with van der Waals surface area (Å²) in [5.74, 6) is 0.829. The highest BCUT2D eigenvalue weighted by molar-refractivity contribution is 6.35. The van der Waals surface area contributed by atoms with Gasteiger partial charge in [0.25, 0.3) is 0 Å². The van der Waals surface area contributed by atoms with Gasteiger partial charge >= 0.3 is 0 Å². The maximum atomic E-state index is 6.09. The summed E-state index contributed by atoms with van der Waals surface area (Å²) in [6.45, 7) is 3.07. The zero-order valence-corrected chi connectivity index (χ0v) is 13.2. The molecule has 0 heterocycles. The molecule has 2 rings (SSSR count). The molecule has 0 aromatic heterocycles. The van der Waals surface area contributed by atoms with Crippen LogP contribution in [0.3, 0.4) is 0 Å². The highest BCUT2D eigenvalue weighted by Gasteiger charge is 2.03. The van der Waals surface area contributed by atoms with Gasteiger partial charge in [0.05, 0.1) is 19.4 Å². The fourth-order valence-electron chi connectivity index (χ4n) is 1.80. The number of hydrogen-bond donors (Lipinski definition) is 1. The largest absolute Gasteiger partial charge is 0.494 e. The average molecular weight is 323 g/mol. The van der Waals surface area contributed by atoms with E-state index >= 15 is 0 Å². The fourth-order valence-corrected chi connectivity index (χ4v) is 2.33. The lowest BCUT2D eigenvalue weighted by atomic mass is 10.2. The Kier molecular flexibility index (Phi) is 5.90. The molecule has 1 N–H and O–H groups in total. The summed E-state index contributed by atoms with van der Waals surface area (Å²) < 4.78 is 5.44. The van der Waals surface area contributed by atoms with Gasteiger partial charge in [0.2, 0.25) is 0 Å². The molecule has 5 heteroatoms. The van der Waals surface area contributed by atoms with Gasteiger partial charge in [-0.25, -0.2) is 0 Å². The van der Waals surface area contributed by atoms with Crippen LogP contribution >= 0.6 is 23.2 Å². The van der Waals surface area contributed by atoms with Gasteiger partial charge in [0.15, 0.2) is 0 Å². The molecule has 0 radical (unpaired) electrons. The first-order valence-electron chi connectivity index (χ1n) is 6.62. The zero-order chi connectivity index (χ0) is 15.1. The number of benzene rings is 2. The topological polar surface area (TPSA) is 33.6 Å². The third kappa shape index (κ3) is 4.66. The van der Waals surface area contributed by atoms with Gasteiger partial charge in [-0.2, -0.15) is 5.10 Å². The van der Waals surface area contributed by atoms with Gasteiger partial charge in [0, 0.05) is 15.6 Å². The van der Waals surface area contributed by atoms with Crippen molar-refractivity contribution < 1.29 is 4.74 Å². The highest BCUT2D eigenvalue weighted by Crippen LogP contribution is 2.23. The van der Waals surface area contributed by atoms with Crippen molar-refractivity contribution in [2.75, 3.05) is 6.61 Å². The molecular formula is C16H16Cl2N2O. The molecule has 110 valence electrons. The number of hydrogen-bond acceptors (Lipinski definition) is 3. The van der Waals surface area contributed by atoms with Gasteiger partial charge < -0.3 is 10.2 Å². The van der Waals surface area contributed by atoms with E-state index in [1.54, 1.807) is 18.3 Å². The molecule has 0 fully saturated rings. The van der Waals surface area contributed by atoms with Gasteiger partial charge in [-0.15, -0.1) is 0 Å². The lowest BCUT2D eigenvalue weighted by Crippen LogP contribution is -2.06. The summed E-state index contributed by atoms with van der Waals surface area (Å²) in [5.41, 5.74) is 4.73. The molecule has 0 amide bonds. The number of ether oxygens (including phenoxy) is 1. The van der Waals surface area contributed by atoms with Crippen LogP contribution in [0, 0.1) is 0 Å². The average Bonchev–Trinajstić information content (AvgIpc) is 2.47. The normalized spacial score (nSPS) is 10.8. The maximum absolute atomic E-state index is 6.09. The summed E-state index contributed by atoms with van der Waals surface area (Å²) in [5, 5.41) is 5.43. The van der Waals surface area contributed by atoms with E-state index in [4.69, 9.17) is 27.9 Å². The molecule has 0 aliphatic heterocycles. The van der Waals surface area contributed by atoms with Gasteiger partial charge in [-0.3, -0.25) is 0 Å². The highest BCUT2D eigenvalue weighted by atomic mass is 35.5. The van der Waals surface area contributed by atoms with Crippen LogP contribution in [0.15, 0.2) is 47.6 Å². The van der Waals surface area contributed by atoms with Crippen molar-refractivity contribution >= 4 is 29.4 Å². The summed E-state index contributed by atoms with van der Waals surface area (Å²) in [4.78, 5) is 0. The smallest absolute Gasteiger partial charge is 0.119 e. The van der Waals surface area contributed by atoms with E-state index in [-0.39, 0.29) is 0 Å². The third-order valence-electron chi connectivity index (χ3n) is 2.79. The van der Waals surface area contributed by atoms with Crippen LogP contribution < -0.4 is 10.2 Å². The Balaban J connectivity index is 1.95. The Morgan fingerprint density at radius 3 is 2.57 bits per heavy atom. The minimum Gasteiger partial charge on any atom is -0.494 e. The van der Waals surface area contributed by atoms with Crippen molar-refractivity contribution in [1.29, 1.82) is 0 Å². The first-order valence-corrected chi connectivity index (χ1v) is 7.38. The molecule has 21 heavy (non-hydrogen) atoms. The number of rotatable bonds is 6. The maximum Gasteiger partial charge on any atom is 0.119 e. The van der Waals surface area contributed by atoms with E-state index in [0.717, 1.165) is 16.9 Å². The predicted molar refractivity (Wildman–Crippen MR) is 88.5 cm³/mol. The predicted octanol–water partition coefficient (Wildman–Crippen LogP) is 4.52. The summed E-state index contributed by atoms with van der Waals surface area (Å²) in [6.07, 6.45) is 1.73. The van der Waals surface area contributed by atoms with Crippen LogP contribution in [0.2, 0.25) is 10.0 Å². The molecule has 2 aromatic rings. The molecule has 0 aliphatic rings. The van der Waals surface area contributed by atoms with Crippen LogP contribution in [-0.4, -0.2) is 12.8 Å². The van der Waals surface area contributed by atoms with E-state index in [2.05, 4.69) is 10.5 Å². The van der Waals surface area contributed by atoms with E-state index in [0.29, 0.717) is 23.2 Å². The second kappa shape index (κ2) is 7.91. The molecule has 0 saturated heterocycles. The molecule has 0 saturated carbocycles. The standard InChI is InChI=1S/C16H16Cl2N2O/c1-2-21-13-6-3-5-12(9-13)10-19-20-11-14-15(17)7-4-8-16(14)18/h3-10,20H,2,11H2,1H3/b19-10+. The van der Waals surface area contributed by atoms with Crippen molar-refractivity contribution in [3.05, 3.63) is 63.6 Å². The van der Waals surface area contributed by atoms with Crippen molar-refractivity contribution in [3.63, 3.8) is 0 Å². The Morgan fingerprint density at radius 1 is 1.14 bits per heavy atom. The number of nitrogens with one attached hydrogen (secondary N) is 1. The fraction of sp³-hybridized carbons (Fsp3) is 0.188. The van der Waals surface area contributed by atoms with E-state index in [1.165, 1.54) is 0 Å². The molecule has 0 unspecified atom stereocenters. The number of halogens is 2. The molecule has 0 aliphatic carbocycles. The summed E-state index contributed by atoms with van der Waals surface area (Å²) >= 11 is 12.2. The lowest BCUT2D eigenvalue weighted by Gasteiger charge is -2.06. The second-order valence-corrected chi connectivity index (χ2v) is 5.11. The first kappa shape index (κ1) is 15.7. The van der Waals surface area contributed by atoms with Crippen molar-refractivity contribution in [2.45, 2.75) is 13.5 Å². The van der Waals surface area contributed by atoms with Crippen molar-refractivity contribution in [1.82, 2.24) is 5.43 Å². The molecule has 2 aromatic carbocycles. The van der Waals surface area contributed by atoms with Gasteiger partial charge in [-0.1, -0.05) is 41.4 Å². The first-order chi connectivity index (χ1) is 10.2. The zero-order valence-electron chi connectivity index (χ0n) is 11.6. The quantitative estimate of drug-likeness (QED) is 0.626. The number of nitrogens with zero attached hydrogens (tertiary/aromatic N) is 1. The molecular weight excluding hydrogens is 307 g/mol.